The first-order valence-electron chi connectivity index (χ1n) is 8.96. The molecule has 19 heavy (non-hydrogen) atoms. The predicted octanol–water partition coefficient (Wildman–Crippen LogP) is 6.10. The van der Waals surface area contributed by atoms with Crippen molar-refractivity contribution in [1.82, 2.24) is 0 Å². The second-order valence-corrected chi connectivity index (χ2v) is 6.16. The third-order valence-electron chi connectivity index (χ3n) is 4.19. The van der Waals surface area contributed by atoms with Gasteiger partial charge < -0.3 is 5.11 Å². The second-order valence-electron chi connectivity index (χ2n) is 6.16. The number of rotatable bonds is 15. The van der Waals surface area contributed by atoms with E-state index in [1.54, 1.807) is 0 Å². The Kier molecular flexibility index (Phi) is 16.0. The molecule has 0 aliphatic heterocycles. The van der Waals surface area contributed by atoms with Crippen molar-refractivity contribution in [3.05, 3.63) is 0 Å². The number of hydrogen-bond acceptors (Lipinski definition) is 1. The molecule has 0 bridgehead atoms. The summed E-state index contributed by atoms with van der Waals surface area (Å²) < 4.78 is 0. The van der Waals surface area contributed by atoms with Crippen LogP contribution in [-0.2, 0) is 0 Å². The number of aliphatic hydroxyl groups is 1. The van der Waals surface area contributed by atoms with Crippen molar-refractivity contribution in [3.63, 3.8) is 0 Å². The monoisotopic (exact) mass is 270 g/mol. The van der Waals surface area contributed by atoms with Gasteiger partial charge in [0.2, 0.25) is 0 Å². The molecule has 0 aliphatic carbocycles. The van der Waals surface area contributed by atoms with Gasteiger partial charge >= 0.3 is 0 Å². The van der Waals surface area contributed by atoms with Crippen molar-refractivity contribution in [2.75, 3.05) is 6.61 Å². The summed E-state index contributed by atoms with van der Waals surface area (Å²) in [4.78, 5) is 0. The van der Waals surface area contributed by atoms with Crippen molar-refractivity contribution in [3.8, 4) is 0 Å². The van der Waals surface area contributed by atoms with E-state index in [1.165, 1.54) is 89.9 Å². The second kappa shape index (κ2) is 16.0. The van der Waals surface area contributed by atoms with Crippen molar-refractivity contribution in [2.45, 2.75) is 104 Å². The SMILES string of the molecule is CCCCCCCCC[C@H](CO)CCCCCCC. The molecule has 0 aliphatic rings. The average molecular weight is 271 g/mol. The molecular formula is C18H38O. The Balaban J connectivity index is 3.29. The minimum Gasteiger partial charge on any atom is -0.396 e. The molecule has 1 heteroatoms. The Labute approximate surface area is 122 Å². The van der Waals surface area contributed by atoms with Crippen LogP contribution < -0.4 is 0 Å². The van der Waals surface area contributed by atoms with Crippen LogP contribution in [0.4, 0.5) is 0 Å². The fraction of sp³-hybridized carbons (Fsp3) is 1.00. The van der Waals surface area contributed by atoms with Crippen molar-refractivity contribution < 1.29 is 5.11 Å². The quantitative estimate of drug-likeness (QED) is 0.357. The summed E-state index contributed by atoms with van der Waals surface area (Å²) in [5.41, 5.74) is 0. The molecule has 0 radical (unpaired) electrons. The zero-order chi connectivity index (χ0) is 14.2. The van der Waals surface area contributed by atoms with Crippen LogP contribution in [0.3, 0.4) is 0 Å². The van der Waals surface area contributed by atoms with E-state index in [9.17, 15) is 5.11 Å². The van der Waals surface area contributed by atoms with Gasteiger partial charge in [0.1, 0.15) is 0 Å². The van der Waals surface area contributed by atoms with E-state index in [0.717, 1.165) is 0 Å². The van der Waals surface area contributed by atoms with E-state index in [2.05, 4.69) is 13.8 Å². The minimum absolute atomic E-state index is 0.406. The summed E-state index contributed by atoms with van der Waals surface area (Å²) in [6.45, 7) is 4.94. The smallest absolute Gasteiger partial charge is 0.0459 e. The maximum atomic E-state index is 9.40. The average Bonchev–Trinajstić information content (AvgIpc) is 2.44. The molecule has 116 valence electrons. The molecule has 0 saturated carbocycles. The molecule has 0 fully saturated rings. The van der Waals surface area contributed by atoms with Crippen LogP contribution in [0.25, 0.3) is 0 Å². The van der Waals surface area contributed by atoms with Gasteiger partial charge in [-0.15, -0.1) is 0 Å². The van der Waals surface area contributed by atoms with Gasteiger partial charge in [-0.2, -0.15) is 0 Å². The van der Waals surface area contributed by atoms with Crippen LogP contribution in [0, 0.1) is 5.92 Å². The standard InChI is InChI=1S/C18H38O/c1-3-5-7-9-10-12-14-16-18(17-19)15-13-11-8-6-4-2/h18-19H,3-17H2,1-2H3/t18-/m1/s1. The molecule has 0 saturated heterocycles. The highest BCUT2D eigenvalue weighted by Gasteiger charge is 2.06. The molecular weight excluding hydrogens is 232 g/mol. The van der Waals surface area contributed by atoms with Gasteiger partial charge in [0, 0.05) is 6.61 Å². The fourth-order valence-electron chi connectivity index (χ4n) is 2.75. The molecule has 1 atom stereocenters. The van der Waals surface area contributed by atoms with Gasteiger partial charge in [0.05, 0.1) is 0 Å². The van der Waals surface area contributed by atoms with E-state index in [-0.39, 0.29) is 0 Å². The van der Waals surface area contributed by atoms with E-state index in [0.29, 0.717) is 12.5 Å². The third-order valence-corrected chi connectivity index (χ3v) is 4.19. The molecule has 0 aromatic rings. The molecule has 0 rings (SSSR count). The molecule has 0 aromatic heterocycles. The van der Waals surface area contributed by atoms with Crippen LogP contribution in [-0.4, -0.2) is 11.7 Å². The highest BCUT2D eigenvalue weighted by atomic mass is 16.3. The molecule has 0 unspecified atom stereocenters. The summed E-state index contributed by atoms with van der Waals surface area (Å²) in [6.07, 6.45) is 18.9. The summed E-state index contributed by atoms with van der Waals surface area (Å²) in [7, 11) is 0. The van der Waals surface area contributed by atoms with Crippen LogP contribution in [0.15, 0.2) is 0 Å². The topological polar surface area (TPSA) is 20.2 Å². The molecule has 1 N–H and O–H groups in total. The van der Waals surface area contributed by atoms with E-state index in [4.69, 9.17) is 0 Å². The molecule has 0 spiro atoms. The van der Waals surface area contributed by atoms with Crippen molar-refractivity contribution >= 4 is 0 Å². The Morgan fingerprint density at radius 1 is 0.579 bits per heavy atom. The number of hydrogen-bond donors (Lipinski definition) is 1. The van der Waals surface area contributed by atoms with Crippen LogP contribution in [0.1, 0.15) is 104 Å². The van der Waals surface area contributed by atoms with Crippen LogP contribution in [0.5, 0.6) is 0 Å². The molecule has 0 aromatic carbocycles. The van der Waals surface area contributed by atoms with E-state index >= 15 is 0 Å². The highest BCUT2D eigenvalue weighted by molar-refractivity contribution is 4.59. The minimum atomic E-state index is 0.406. The lowest BCUT2D eigenvalue weighted by atomic mass is 9.95. The Morgan fingerprint density at radius 3 is 1.32 bits per heavy atom. The lowest BCUT2D eigenvalue weighted by molar-refractivity contribution is 0.204. The first-order chi connectivity index (χ1) is 9.35. The van der Waals surface area contributed by atoms with Crippen LogP contribution in [0.2, 0.25) is 0 Å². The Morgan fingerprint density at radius 2 is 0.947 bits per heavy atom. The number of aliphatic hydroxyl groups excluding tert-OH is 1. The van der Waals surface area contributed by atoms with Crippen LogP contribution >= 0.6 is 0 Å². The zero-order valence-corrected chi connectivity index (χ0v) is 13.6. The van der Waals surface area contributed by atoms with Gasteiger partial charge in [-0.1, -0.05) is 90.9 Å². The Hall–Kier alpha value is -0.0400. The Bertz CT molecular complexity index is 156. The molecule has 0 heterocycles. The largest absolute Gasteiger partial charge is 0.396 e. The van der Waals surface area contributed by atoms with Crippen molar-refractivity contribution in [2.24, 2.45) is 5.92 Å². The molecule has 0 amide bonds. The maximum absolute atomic E-state index is 9.40. The summed E-state index contributed by atoms with van der Waals surface area (Å²) in [5.74, 6) is 0.581. The van der Waals surface area contributed by atoms with Gasteiger partial charge in [0.25, 0.3) is 0 Å². The summed E-state index contributed by atoms with van der Waals surface area (Å²) in [6, 6.07) is 0. The fourth-order valence-corrected chi connectivity index (χ4v) is 2.75. The van der Waals surface area contributed by atoms with E-state index < -0.39 is 0 Å². The lowest BCUT2D eigenvalue weighted by Gasteiger charge is -2.13. The normalized spacial score (nSPS) is 12.8. The van der Waals surface area contributed by atoms with E-state index in [1.807, 2.05) is 0 Å². The first kappa shape index (κ1) is 19.0. The van der Waals surface area contributed by atoms with Gasteiger partial charge in [-0.3, -0.25) is 0 Å². The predicted molar refractivity (Wildman–Crippen MR) is 86.6 cm³/mol. The highest BCUT2D eigenvalue weighted by Crippen LogP contribution is 2.18. The lowest BCUT2D eigenvalue weighted by Crippen LogP contribution is -2.06. The maximum Gasteiger partial charge on any atom is 0.0459 e. The number of unbranched alkanes of at least 4 members (excludes halogenated alkanes) is 10. The molecule has 1 nitrogen and oxygen atoms in total. The van der Waals surface area contributed by atoms with Gasteiger partial charge in [-0.25, -0.2) is 0 Å². The van der Waals surface area contributed by atoms with Crippen molar-refractivity contribution in [1.29, 1.82) is 0 Å². The summed E-state index contributed by atoms with van der Waals surface area (Å²) >= 11 is 0. The van der Waals surface area contributed by atoms with Gasteiger partial charge in [0.15, 0.2) is 0 Å². The zero-order valence-electron chi connectivity index (χ0n) is 13.6. The summed E-state index contributed by atoms with van der Waals surface area (Å²) in [5, 5.41) is 9.40. The van der Waals surface area contributed by atoms with Gasteiger partial charge in [-0.05, 0) is 18.8 Å². The first-order valence-corrected chi connectivity index (χ1v) is 8.96. The third kappa shape index (κ3) is 14.2.